The van der Waals surface area contributed by atoms with Crippen molar-refractivity contribution in [2.75, 3.05) is 11.4 Å². The van der Waals surface area contributed by atoms with E-state index in [-0.39, 0.29) is 39.6 Å². The molecule has 0 bridgehead atoms. The van der Waals surface area contributed by atoms with Crippen LogP contribution in [0.25, 0.3) is 17.1 Å². The van der Waals surface area contributed by atoms with Crippen molar-refractivity contribution in [3.05, 3.63) is 70.2 Å². The molecule has 0 spiro atoms. The average molecular weight is 505 g/mol. The Kier molecular flexibility index (Phi) is 5.04. The smallest absolute Gasteiger partial charge is 0.433 e. The summed E-state index contributed by atoms with van der Waals surface area (Å²) in [7, 11) is 0. The number of nitrogens with zero attached hydrogens (tertiary/aromatic N) is 4. The number of carbonyl (C=O) groups excluding carboxylic acids is 1. The van der Waals surface area contributed by atoms with Gasteiger partial charge in [-0.15, -0.1) is 0 Å². The number of fused-ring (bicyclic) bond motifs is 2. The molecule has 0 radical (unpaired) electrons. The summed E-state index contributed by atoms with van der Waals surface area (Å²) in [4.78, 5) is 19.1. The van der Waals surface area contributed by atoms with Crippen molar-refractivity contribution < 1.29 is 22.4 Å². The second-order valence-electron chi connectivity index (χ2n) is 7.45. The summed E-state index contributed by atoms with van der Waals surface area (Å²) >= 11 is 3.32. The van der Waals surface area contributed by atoms with Crippen molar-refractivity contribution in [2.24, 2.45) is 0 Å². The zero-order chi connectivity index (χ0) is 22.5. The fourth-order valence-corrected chi connectivity index (χ4v) is 4.41. The number of para-hydroxylation sites is 1. The Morgan fingerprint density at radius 1 is 1.19 bits per heavy atom. The number of carbonyl (C=O) groups is 1. The van der Waals surface area contributed by atoms with E-state index in [2.05, 4.69) is 26.0 Å². The minimum absolute atomic E-state index is 0.0262. The Balaban J connectivity index is 1.56. The van der Waals surface area contributed by atoms with E-state index in [9.17, 15) is 18.0 Å². The molecule has 32 heavy (non-hydrogen) atoms. The van der Waals surface area contributed by atoms with Crippen LogP contribution in [-0.2, 0) is 23.8 Å². The van der Waals surface area contributed by atoms with Crippen LogP contribution < -0.4 is 4.90 Å². The van der Waals surface area contributed by atoms with Crippen LogP contribution in [0.4, 0.5) is 18.9 Å². The minimum Gasteiger partial charge on any atom is -0.463 e. The fourth-order valence-electron chi connectivity index (χ4n) is 3.93. The van der Waals surface area contributed by atoms with Crippen LogP contribution in [0.1, 0.15) is 23.4 Å². The number of amides is 1. The van der Waals surface area contributed by atoms with Gasteiger partial charge in [-0.25, -0.2) is 9.50 Å². The number of hydrogen-bond donors (Lipinski definition) is 0. The zero-order valence-electron chi connectivity index (χ0n) is 16.6. The van der Waals surface area contributed by atoms with E-state index >= 15 is 0 Å². The summed E-state index contributed by atoms with van der Waals surface area (Å²) in [6.45, 7) is 0.551. The number of anilines is 1. The van der Waals surface area contributed by atoms with Crippen LogP contribution >= 0.6 is 15.9 Å². The van der Waals surface area contributed by atoms with Gasteiger partial charge < -0.3 is 9.32 Å². The maximum Gasteiger partial charge on any atom is 0.433 e. The Bertz CT molecular complexity index is 1310. The van der Waals surface area contributed by atoms with Crippen LogP contribution in [-0.4, -0.2) is 27.0 Å². The molecule has 1 aliphatic rings. The molecule has 4 heterocycles. The molecule has 0 unspecified atom stereocenters. The third-order valence-corrected chi connectivity index (χ3v) is 6.21. The second kappa shape index (κ2) is 7.77. The summed E-state index contributed by atoms with van der Waals surface area (Å²) in [5, 5.41) is 4.10. The van der Waals surface area contributed by atoms with Crippen LogP contribution in [0.5, 0.6) is 0 Å². The van der Waals surface area contributed by atoms with Crippen molar-refractivity contribution in [2.45, 2.75) is 25.4 Å². The van der Waals surface area contributed by atoms with Crippen molar-refractivity contribution in [1.82, 2.24) is 14.6 Å². The highest BCUT2D eigenvalue weighted by atomic mass is 79.9. The lowest BCUT2D eigenvalue weighted by molar-refractivity contribution is -0.142. The molecule has 1 amide bonds. The van der Waals surface area contributed by atoms with Crippen molar-refractivity contribution in [1.29, 1.82) is 0 Å². The first-order valence-electron chi connectivity index (χ1n) is 9.90. The van der Waals surface area contributed by atoms with Gasteiger partial charge in [0.1, 0.15) is 5.69 Å². The second-order valence-corrected chi connectivity index (χ2v) is 8.25. The van der Waals surface area contributed by atoms with Gasteiger partial charge >= 0.3 is 6.18 Å². The van der Waals surface area contributed by atoms with Crippen molar-refractivity contribution in [3.63, 3.8) is 0 Å². The highest BCUT2D eigenvalue weighted by Crippen LogP contribution is 2.35. The van der Waals surface area contributed by atoms with Gasteiger partial charge in [-0.05, 0) is 58.6 Å². The van der Waals surface area contributed by atoms with E-state index in [1.165, 1.54) is 12.3 Å². The Labute approximate surface area is 188 Å². The first-order chi connectivity index (χ1) is 15.3. The molecule has 10 heteroatoms. The number of furan rings is 1. The largest absolute Gasteiger partial charge is 0.463 e. The molecular weight excluding hydrogens is 489 g/mol. The highest BCUT2D eigenvalue weighted by molar-refractivity contribution is 9.10. The molecule has 0 saturated heterocycles. The standard InChI is InChI=1S/C22H16BrF3N4O2/c23-20-15(12-19(31)29-9-3-6-13-5-1-2-7-16(13)29)28-30-18(22(24,25)26)11-14(27-21(20)30)17-8-4-10-32-17/h1-2,4-5,7-8,10-11H,3,6,9,12H2. The first-order valence-corrected chi connectivity index (χ1v) is 10.7. The SMILES string of the molecule is O=C(Cc1nn2c(C(F)(F)F)cc(-c3ccco3)nc2c1Br)N1CCCc2ccccc21. The topological polar surface area (TPSA) is 63.6 Å². The van der Waals surface area contributed by atoms with Crippen LogP contribution in [0.2, 0.25) is 0 Å². The molecule has 5 rings (SSSR count). The number of aromatic nitrogens is 3. The molecule has 0 N–H and O–H groups in total. The summed E-state index contributed by atoms with van der Waals surface area (Å²) in [5.74, 6) is -0.0327. The van der Waals surface area contributed by atoms with E-state index in [1.54, 1.807) is 11.0 Å². The van der Waals surface area contributed by atoms with Gasteiger partial charge in [0.05, 0.1) is 22.9 Å². The summed E-state index contributed by atoms with van der Waals surface area (Å²) in [6.07, 6.45) is -1.78. The molecular formula is C22H16BrF3N4O2. The Hall–Kier alpha value is -3.14. The number of aryl methyl sites for hydroxylation is 1. The fraction of sp³-hybridized carbons (Fsp3) is 0.227. The Morgan fingerprint density at radius 3 is 2.75 bits per heavy atom. The maximum absolute atomic E-state index is 13.8. The minimum atomic E-state index is -4.68. The lowest BCUT2D eigenvalue weighted by Crippen LogP contribution is -2.36. The molecule has 0 atom stereocenters. The molecule has 4 aromatic rings. The summed E-state index contributed by atoms with van der Waals surface area (Å²) in [6, 6.07) is 11.6. The van der Waals surface area contributed by atoms with Crippen LogP contribution in [0.15, 0.2) is 57.6 Å². The van der Waals surface area contributed by atoms with Gasteiger partial charge in [0, 0.05) is 12.2 Å². The first kappa shape index (κ1) is 20.7. The van der Waals surface area contributed by atoms with Gasteiger partial charge in [0.25, 0.3) is 0 Å². The van der Waals surface area contributed by atoms with Gasteiger partial charge in [-0.2, -0.15) is 18.3 Å². The number of rotatable bonds is 3. The lowest BCUT2D eigenvalue weighted by Gasteiger charge is -2.29. The van der Waals surface area contributed by atoms with Crippen molar-refractivity contribution in [3.8, 4) is 11.5 Å². The van der Waals surface area contributed by atoms with E-state index in [1.807, 2.05) is 24.3 Å². The molecule has 3 aromatic heterocycles. The third-order valence-electron chi connectivity index (χ3n) is 5.39. The van der Waals surface area contributed by atoms with E-state index < -0.39 is 11.9 Å². The van der Waals surface area contributed by atoms with E-state index in [4.69, 9.17) is 4.42 Å². The average Bonchev–Trinajstić information content (AvgIpc) is 3.41. The number of halogens is 4. The van der Waals surface area contributed by atoms with Gasteiger partial charge in [-0.3, -0.25) is 4.79 Å². The van der Waals surface area contributed by atoms with Gasteiger partial charge in [0.15, 0.2) is 17.1 Å². The van der Waals surface area contributed by atoms with Gasteiger partial charge in [0.2, 0.25) is 5.91 Å². The normalized spacial score (nSPS) is 14.1. The monoisotopic (exact) mass is 504 g/mol. The molecule has 0 saturated carbocycles. The molecule has 1 aromatic carbocycles. The number of alkyl halides is 3. The zero-order valence-corrected chi connectivity index (χ0v) is 18.2. The van der Waals surface area contributed by atoms with Gasteiger partial charge in [-0.1, -0.05) is 18.2 Å². The summed E-state index contributed by atoms with van der Waals surface area (Å²) < 4.78 is 47.6. The molecule has 0 aliphatic carbocycles. The number of benzene rings is 1. The molecule has 0 fully saturated rings. The third kappa shape index (κ3) is 3.58. The predicted octanol–water partition coefficient (Wildman–Crippen LogP) is 5.29. The van der Waals surface area contributed by atoms with Crippen LogP contribution in [0.3, 0.4) is 0 Å². The Morgan fingerprint density at radius 2 is 2.00 bits per heavy atom. The molecule has 1 aliphatic heterocycles. The number of hydrogen-bond acceptors (Lipinski definition) is 4. The van der Waals surface area contributed by atoms with Crippen molar-refractivity contribution >= 4 is 33.2 Å². The summed E-state index contributed by atoms with van der Waals surface area (Å²) in [5.41, 5.74) is 1.08. The molecule has 164 valence electrons. The lowest BCUT2D eigenvalue weighted by atomic mass is 10.0. The predicted molar refractivity (Wildman–Crippen MR) is 114 cm³/mol. The molecule has 6 nitrogen and oxygen atoms in total. The maximum atomic E-state index is 13.8. The van der Waals surface area contributed by atoms with Crippen LogP contribution in [0, 0.1) is 0 Å². The highest BCUT2D eigenvalue weighted by Gasteiger charge is 2.36. The quantitative estimate of drug-likeness (QED) is 0.380. The van der Waals surface area contributed by atoms with E-state index in [0.717, 1.165) is 34.7 Å². The van der Waals surface area contributed by atoms with E-state index in [0.29, 0.717) is 6.54 Å².